The van der Waals surface area contributed by atoms with Crippen LogP contribution in [0, 0.1) is 11.8 Å². The molecule has 7 nitrogen and oxygen atoms in total. The smallest absolute Gasteiger partial charge is 0.412 e. The third-order valence-electron chi connectivity index (χ3n) is 4.03. The molecule has 2 atom stereocenters. The third-order valence-corrected chi connectivity index (χ3v) is 4.98. The molecule has 0 amide bonds. The number of hydrogen-bond acceptors (Lipinski definition) is 3. The van der Waals surface area contributed by atoms with E-state index < -0.39 is 7.82 Å². The Morgan fingerprint density at radius 1 is 0.800 bits per heavy atom. The van der Waals surface area contributed by atoms with Gasteiger partial charge in [0.2, 0.25) is 0 Å². The van der Waals surface area contributed by atoms with Gasteiger partial charge in [-0.05, 0) is 24.7 Å². The maximum absolute atomic E-state index is 11.9. The van der Waals surface area contributed by atoms with E-state index in [1.165, 1.54) is 0 Å². The fourth-order valence-corrected chi connectivity index (χ4v) is 3.11. The fraction of sp³-hybridized carbons (Fsp3) is 1.00. The first-order chi connectivity index (χ1) is 9.99. The molecule has 0 fully saturated rings. The summed E-state index contributed by atoms with van der Waals surface area (Å²) in [6, 6.07) is 0. The van der Waals surface area contributed by atoms with E-state index in [0.29, 0.717) is 25.0 Å². The Labute approximate surface area is 169 Å². The summed E-state index contributed by atoms with van der Waals surface area (Å²) in [6.45, 7) is 9.10. The Morgan fingerprint density at radius 2 is 1.12 bits per heavy atom. The van der Waals surface area contributed by atoms with Gasteiger partial charge in [0.05, 0.1) is 13.2 Å². The topological polar surface area (TPSA) is 150 Å². The molecule has 0 saturated carbocycles. The number of unbranched alkanes of at least 4 members (excludes halogenated alkanes) is 2. The monoisotopic (exact) mass is 402 g/mol. The van der Waals surface area contributed by atoms with E-state index in [2.05, 4.69) is 27.7 Å². The first-order valence-corrected chi connectivity index (χ1v) is 10.1. The van der Waals surface area contributed by atoms with E-state index in [4.69, 9.17) is 9.05 Å². The average molecular weight is 403 g/mol. The van der Waals surface area contributed by atoms with Gasteiger partial charge in [-0.15, -0.1) is 0 Å². The van der Waals surface area contributed by atoms with Gasteiger partial charge in [0.1, 0.15) is 0 Å². The summed E-state index contributed by atoms with van der Waals surface area (Å²) in [6.07, 6.45) is 8.56. The molecule has 25 heavy (non-hydrogen) atoms. The van der Waals surface area contributed by atoms with Crippen LogP contribution in [0.2, 0.25) is 0 Å². The highest BCUT2D eigenvalue weighted by molar-refractivity contribution is 7.47. The van der Waals surface area contributed by atoms with Crippen molar-refractivity contribution in [2.45, 2.75) is 79.1 Å². The summed E-state index contributed by atoms with van der Waals surface area (Å²) in [5.41, 5.74) is 0. The largest absolute Gasteiger partial charge is 0.472 e. The number of phosphoric ester groups is 1. The lowest BCUT2D eigenvalue weighted by Crippen LogP contribution is -2.12. The predicted octanol–water partition coefficient (Wildman–Crippen LogP) is 2.16. The first kappa shape index (κ1) is 36.6. The lowest BCUT2D eigenvalue weighted by atomic mass is 10.0. The molecule has 156 valence electrons. The lowest BCUT2D eigenvalue weighted by Gasteiger charge is -2.20. The quantitative estimate of drug-likeness (QED) is 0.349. The molecule has 2 unspecified atom stereocenters. The molecule has 0 aromatic carbocycles. The van der Waals surface area contributed by atoms with Gasteiger partial charge in [-0.2, -0.15) is 0 Å². The van der Waals surface area contributed by atoms with Crippen LogP contribution in [0.4, 0.5) is 0 Å². The Balaban J connectivity index is -0.000000333. The summed E-state index contributed by atoms with van der Waals surface area (Å²) in [4.78, 5) is 9.77. The highest BCUT2D eigenvalue weighted by atomic mass is 31.2. The second kappa shape index (κ2) is 22.8. The zero-order valence-corrected chi connectivity index (χ0v) is 16.7. The Kier molecular flexibility index (Phi) is 33.4. The molecule has 0 rings (SSSR count). The molecule has 7 N–H and O–H groups in total. The second-order valence-corrected chi connectivity index (χ2v) is 7.35. The van der Waals surface area contributed by atoms with Gasteiger partial charge in [0, 0.05) is 0 Å². The van der Waals surface area contributed by atoms with Crippen LogP contribution in [0.25, 0.3) is 0 Å². The molecule has 0 aliphatic heterocycles. The van der Waals surface area contributed by atoms with Crippen LogP contribution in [0.5, 0.6) is 0 Å². The van der Waals surface area contributed by atoms with Gasteiger partial charge in [-0.3, -0.25) is 9.05 Å². The van der Waals surface area contributed by atoms with Crippen LogP contribution in [0.1, 0.15) is 79.1 Å². The van der Waals surface area contributed by atoms with Crippen molar-refractivity contribution in [3.63, 3.8) is 0 Å². The van der Waals surface area contributed by atoms with Crippen molar-refractivity contribution in [2.24, 2.45) is 11.8 Å². The van der Waals surface area contributed by atoms with Crippen LogP contribution in [-0.4, -0.2) is 57.6 Å². The van der Waals surface area contributed by atoms with Gasteiger partial charge >= 0.3 is 30.9 Å². The molecule has 0 aromatic rings. The Morgan fingerprint density at radius 3 is 1.36 bits per heavy atom. The molecular weight excluding hydrogens is 359 g/mol. The highest BCUT2D eigenvalue weighted by Crippen LogP contribution is 2.44. The van der Waals surface area contributed by atoms with Gasteiger partial charge in [-0.25, -0.2) is 4.57 Å². The summed E-state index contributed by atoms with van der Waals surface area (Å²) < 4.78 is 22.2. The standard InChI is InChI=1S/C16H35O4P.Mg.3H2O.2H/c1-5-9-11-15(7-3)13-19-21(17,18)20-14-16(8-4)12-10-6-2;;;;;;/h15-16H,5-14H2,1-4H3,(H,17,18);;3*1H2;;. The van der Waals surface area contributed by atoms with Crippen LogP contribution in [0.3, 0.4) is 0 Å². The molecule has 9 heteroatoms. The van der Waals surface area contributed by atoms with E-state index in [1.54, 1.807) is 0 Å². The molecule has 0 aromatic heterocycles. The molecule has 0 heterocycles. The minimum absolute atomic E-state index is 0. The van der Waals surface area contributed by atoms with Crippen molar-refractivity contribution in [1.82, 2.24) is 0 Å². The van der Waals surface area contributed by atoms with Crippen molar-refractivity contribution in [3.05, 3.63) is 0 Å². The molecule has 0 radical (unpaired) electrons. The number of rotatable bonds is 14. The summed E-state index contributed by atoms with van der Waals surface area (Å²) in [7, 11) is -3.89. The van der Waals surface area contributed by atoms with E-state index in [1.807, 2.05) is 0 Å². The molecular formula is C16H43MgO7P. The van der Waals surface area contributed by atoms with Crippen LogP contribution in [0.15, 0.2) is 0 Å². The molecule has 0 spiro atoms. The lowest BCUT2D eigenvalue weighted by molar-refractivity contribution is 0.110. The van der Waals surface area contributed by atoms with Crippen molar-refractivity contribution in [2.75, 3.05) is 13.2 Å². The number of phosphoric acid groups is 1. The zero-order valence-electron chi connectivity index (χ0n) is 15.8. The van der Waals surface area contributed by atoms with Crippen LogP contribution < -0.4 is 0 Å². The van der Waals surface area contributed by atoms with Gasteiger partial charge < -0.3 is 21.3 Å². The van der Waals surface area contributed by atoms with Gasteiger partial charge in [0.25, 0.3) is 0 Å². The third kappa shape index (κ3) is 20.9. The molecule has 0 aliphatic carbocycles. The van der Waals surface area contributed by atoms with E-state index in [-0.39, 0.29) is 39.5 Å². The fourth-order valence-electron chi connectivity index (χ4n) is 2.23. The second-order valence-electron chi connectivity index (χ2n) is 5.89. The summed E-state index contributed by atoms with van der Waals surface area (Å²) >= 11 is 0. The minimum Gasteiger partial charge on any atom is -0.412 e. The predicted molar refractivity (Wildman–Crippen MR) is 108 cm³/mol. The molecule has 0 saturated heterocycles. The zero-order chi connectivity index (χ0) is 16.1. The van der Waals surface area contributed by atoms with Crippen LogP contribution >= 0.6 is 7.82 Å². The van der Waals surface area contributed by atoms with Gasteiger partial charge in [0.15, 0.2) is 0 Å². The van der Waals surface area contributed by atoms with E-state index in [0.717, 1.165) is 51.4 Å². The van der Waals surface area contributed by atoms with Gasteiger partial charge in [-0.1, -0.05) is 66.2 Å². The van der Waals surface area contributed by atoms with Crippen molar-refractivity contribution >= 4 is 30.9 Å². The summed E-state index contributed by atoms with van der Waals surface area (Å²) in [5.74, 6) is 0.687. The maximum Gasteiger partial charge on any atom is 0.472 e. The highest BCUT2D eigenvalue weighted by Gasteiger charge is 2.24. The first-order valence-electron chi connectivity index (χ1n) is 8.60. The van der Waals surface area contributed by atoms with Crippen LogP contribution in [-0.2, 0) is 13.6 Å². The minimum atomic E-state index is -3.89. The van der Waals surface area contributed by atoms with Crippen molar-refractivity contribution in [3.8, 4) is 0 Å². The summed E-state index contributed by atoms with van der Waals surface area (Å²) in [5, 5.41) is 0. The SMILES string of the molecule is CCCCC(CC)COP(=O)(O)OCC(CC)CCCC.O.O.O.[MgH2]. The van der Waals surface area contributed by atoms with Crippen molar-refractivity contribution in [1.29, 1.82) is 0 Å². The Bertz CT molecular complexity index is 272. The number of hydrogen-bond donors (Lipinski definition) is 1. The molecule has 0 aliphatic rings. The molecule has 0 bridgehead atoms. The normalized spacial score (nSPS) is 14.6. The van der Waals surface area contributed by atoms with E-state index >= 15 is 0 Å². The average Bonchev–Trinajstić information content (AvgIpc) is 2.47. The van der Waals surface area contributed by atoms with Crippen molar-refractivity contribution < 1.29 is 34.9 Å². The maximum atomic E-state index is 11.9. The Hall–Kier alpha value is 0.756. The van der Waals surface area contributed by atoms with E-state index in [9.17, 15) is 9.46 Å².